The minimum Gasteiger partial charge on any atom is -0.477 e. The van der Waals surface area contributed by atoms with Gasteiger partial charge in [-0.1, -0.05) is 23.2 Å². The lowest BCUT2D eigenvalue weighted by atomic mass is 10.0. The van der Waals surface area contributed by atoms with E-state index in [0.29, 0.717) is 5.39 Å². The number of carboxylic acid groups (broad SMARTS) is 1. The summed E-state index contributed by atoms with van der Waals surface area (Å²) in [5, 5.41) is 12.0. The van der Waals surface area contributed by atoms with Gasteiger partial charge in [0.1, 0.15) is 29.3 Å². The number of ether oxygens (including phenoxy) is 1. The second kappa shape index (κ2) is 8.73. The summed E-state index contributed by atoms with van der Waals surface area (Å²) in [6, 6.07) is 3.04. The standard InChI is InChI=1S/C20H14Cl2N2O8S/c1-7(25)31-5-9-6-33-18-13(17(27)24(18)14(9)19(28)29)23-16(26)11-3-8-2-10(21)4-12(22)15(8)32-20(11)30/h2-4,13,18H,5-6H2,1H3,(H,23,26)(H,28,29). The first-order valence-electron chi connectivity index (χ1n) is 9.35. The van der Waals surface area contributed by atoms with Gasteiger partial charge in [0, 0.05) is 28.7 Å². The lowest BCUT2D eigenvalue weighted by Gasteiger charge is -2.49. The lowest BCUT2D eigenvalue weighted by molar-refractivity contribution is -0.149. The molecular formula is C20H14Cl2N2O8S. The van der Waals surface area contributed by atoms with E-state index in [1.165, 1.54) is 36.9 Å². The summed E-state index contributed by atoms with van der Waals surface area (Å²) >= 11 is 13.2. The molecule has 1 fully saturated rings. The van der Waals surface area contributed by atoms with Crippen molar-refractivity contribution in [3.63, 3.8) is 0 Å². The molecule has 1 aromatic heterocycles. The smallest absolute Gasteiger partial charge is 0.352 e. The van der Waals surface area contributed by atoms with Gasteiger partial charge in [0.05, 0.1) is 5.02 Å². The van der Waals surface area contributed by atoms with E-state index < -0.39 is 40.8 Å². The molecule has 1 aromatic carbocycles. The van der Waals surface area contributed by atoms with Crippen LogP contribution in [-0.2, 0) is 19.1 Å². The third-order valence-electron chi connectivity index (χ3n) is 4.98. The predicted octanol–water partition coefficient (Wildman–Crippen LogP) is 2.02. The number of benzene rings is 1. The Morgan fingerprint density at radius 1 is 1.27 bits per heavy atom. The van der Waals surface area contributed by atoms with Gasteiger partial charge in [-0.3, -0.25) is 19.3 Å². The normalized spacial score (nSPS) is 19.7. The largest absolute Gasteiger partial charge is 0.477 e. The zero-order valence-corrected chi connectivity index (χ0v) is 19.0. The monoisotopic (exact) mass is 512 g/mol. The maximum Gasteiger partial charge on any atom is 0.352 e. The zero-order valence-electron chi connectivity index (χ0n) is 16.7. The Hall–Kier alpha value is -3.02. The van der Waals surface area contributed by atoms with Crippen molar-refractivity contribution < 1.29 is 33.4 Å². The van der Waals surface area contributed by atoms with Crippen molar-refractivity contribution >= 4 is 69.7 Å². The van der Waals surface area contributed by atoms with E-state index in [1.54, 1.807) is 0 Å². The molecule has 10 nitrogen and oxygen atoms in total. The number of hydrogen-bond acceptors (Lipinski definition) is 8. The van der Waals surface area contributed by atoms with Gasteiger partial charge in [-0.2, -0.15) is 0 Å². The highest BCUT2D eigenvalue weighted by Crippen LogP contribution is 2.40. The van der Waals surface area contributed by atoms with Crippen LogP contribution in [0.15, 0.2) is 38.7 Å². The fraction of sp³-hybridized carbons (Fsp3) is 0.250. The first-order valence-corrected chi connectivity index (χ1v) is 11.2. The molecule has 0 saturated carbocycles. The molecule has 1 saturated heterocycles. The Morgan fingerprint density at radius 3 is 2.67 bits per heavy atom. The van der Waals surface area contributed by atoms with Crippen molar-refractivity contribution in [3.8, 4) is 0 Å². The van der Waals surface area contributed by atoms with Crippen LogP contribution in [0.3, 0.4) is 0 Å². The number of aliphatic carboxylic acids is 1. The van der Waals surface area contributed by atoms with E-state index in [0.717, 1.165) is 4.90 Å². The van der Waals surface area contributed by atoms with Gasteiger partial charge in [0.25, 0.3) is 11.8 Å². The molecular weight excluding hydrogens is 499 g/mol. The van der Waals surface area contributed by atoms with E-state index in [-0.39, 0.29) is 44.8 Å². The second-order valence-electron chi connectivity index (χ2n) is 7.15. The summed E-state index contributed by atoms with van der Waals surface area (Å²) in [5.74, 6) is -3.31. The molecule has 2 aliphatic heterocycles. The summed E-state index contributed by atoms with van der Waals surface area (Å²) in [6.45, 7) is 0.923. The molecule has 0 aliphatic carbocycles. The number of hydrogen-bond donors (Lipinski definition) is 2. The van der Waals surface area contributed by atoms with Gasteiger partial charge in [-0.05, 0) is 18.2 Å². The van der Waals surface area contributed by atoms with Crippen LogP contribution in [0, 0.1) is 0 Å². The number of fused-ring (bicyclic) bond motifs is 2. The number of amides is 2. The van der Waals surface area contributed by atoms with Crippen molar-refractivity contribution in [2.75, 3.05) is 12.4 Å². The van der Waals surface area contributed by atoms with Crippen molar-refractivity contribution in [2.45, 2.75) is 18.3 Å². The Bertz CT molecular complexity index is 1320. The number of halogens is 2. The number of β-lactam (4-membered cyclic amide) rings is 1. The van der Waals surface area contributed by atoms with Gasteiger partial charge in [0.2, 0.25) is 0 Å². The maximum atomic E-state index is 12.8. The minimum absolute atomic E-state index is 0.0629. The lowest BCUT2D eigenvalue weighted by Crippen LogP contribution is -2.70. The summed E-state index contributed by atoms with van der Waals surface area (Å²) in [4.78, 5) is 61.6. The van der Waals surface area contributed by atoms with Crippen molar-refractivity contribution in [3.05, 3.63) is 55.5 Å². The van der Waals surface area contributed by atoms with Gasteiger partial charge in [-0.25, -0.2) is 9.59 Å². The SMILES string of the molecule is CC(=O)OCC1=C(C(=O)O)N2C(=O)C(NC(=O)c3cc4cc(Cl)cc(Cl)c4oc3=O)C2SC1. The highest BCUT2D eigenvalue weighted by molar-refractivity contribution is 8.00. The van der Waals surface area contributed by atoms with Gasteiger partial charge in [0.15, 0.2) is 5.58 Å². The molecule has 0 bridgehead atoms. The van der Waals surface area contributed by atoms with E-state index in [9.17, 15) is 29.1 Å². The Morgan fingerprint density at radius 2 is 2.00 bits per heavy atom. The first-order chi connectivity index (χ1) is 15.6. The van der Waals surface area contributed by atoms with Crippen LogP contribution in [0.4, 0.5) is 0 Å². The zero-order chi connectivity index (χ0) is 24.0. The van der Waals surface area contributed by atoms with E-state index >= 15 is 0 Å². The molecule has 0 spiro atoms. The highest BCUT2D eigenvalue weighted by atomic mass is 35.5. The summed E-state index contributed by atoms with van der Waals surface area (Å²) in [6.07, 6.45) is 0. The van der Waals surface area contributed by atoms with E-state index in [2.05, 4.69) is 5.32 Å². The molecule has 33 heavy (non-hydrogen) atoms. The number of carbonyl (C=O) groups excluding carboxylic acids is 3. The number of esters is 1. The van der Waals surface area contributed by atoms with Crippen LogP contribution in [0.25, 0.3) is 11.0 Å². The molecule has 3 heterocycles. The number of nitrogens with one attached hydrogen (secondary N) is 1. The molecule has 2 unspecified atom stereocenters. The number of carboxylic acids is 1. The Labute approximate surface area is 199 Å². The molecule has 2 atom stereocenters. The number of carbonyl (C=O) groups is 4. The number of thioether (sulfide) groups is 1. The highest BCUT2D eigenvalue weighted by Gasteiger charge is 2.54. The molecule has 172 valence electrons. The minimum atomic E-state index is -1.36. The Kier molecular flexibility index (Phi) is 6.12. The van der Waals surface area contributed by atoms with Gasteiger partial charge in [-0.15, -0.1) is 11.8 Å². The van der Waals surface area contributed by atoms with Crippen LogP contribution < -0.4 is 10.9 Å². The summed E-state index contributed by atoms with van der Waals surface area (Å²) in [7, 11) is 0. The molecule has 2 amide bonds. The fourth-order valence-corrected chi connectivity index (χ4v) is 5.39. The molecule has 2 aromatic rings. The summed E-state index contributed by atoms with van der Waals surface area (Å²) in [5.41, 5.74) is -1.28. The second-order valence-corrected chi connectivity index (χ2v) is 9.10. The first kappa shape index (κ1) is 23.1. The predicted molar refractivity (Wildman–Crippen MR) is 118 cm³/mol. The average molecular weight is 513 g/mol. The number of nitrogens with zero attached hydrogens (tertiary/aromatic N) is 1. The van der Waals surface area contributed by atoms with Crippen molar-refractivity contribution in [2.24, 2.45) is 0 Å². The van der Waals surface area contributed by atoms with Gasteiger partial charge >= 0.3 is 17.6 Å². The van der Waals surface area contributed by atoms with Crippen LogP contribution >= 0.6 is 35.0 Å². The molecule has 2 N–H and O–H groups in total. The molecule has 0 radical (unpaired) electrons. The Balaban J connectivity index is 1.57. The number of rotatable bonds is 5. The van der Waals surface area contributed by atoms with Crippen molar-refractivity contribution in [1.82, 2.24) is 10.2 Å². The van der Waals surface area contributed by atoms with Crippen molar-refractivity contribution in [1.29, 1.82) is 0 Å². The molecule has 13 heteroatoms. The van der Waals surface area contributed by atoms with Crippen LogP contribution in [0.1, 0.15) is 17.3 Å². The average Bonchev–Trinajstić information content (AvgIpc) is 2.75. The topological polar surface area (TPSA) is 143 Å². The maximum absolute atomic E-state index is 12.8. The quantitative estimate of drug-likeness (QED) is 0.349. The van der Waals surface area contributed by atoms with E-state index in [4.69, 9.17) is 32.4 Å². The third kappa shape index (κ3) is 4.19. The molecule has 2 aliphatic rings. The van der Waals surface area contributed by atoms with E-state index in [1.807, 2.05) is 0 Å². The van der Waals surface area contributed by atoms with Crippen LogP contribution in [0.5, 0.6) is 0 Å². The summed E-state index contributed by atoms with van der Waals surface area (Å²) < 4.78 is 10.0. The van der Waals surface area contributed by atoms with Gasteiger partial charge < -0.3 is 19.6 Å². The molecule has 4 rings (SSSR count). The van der Waals surface area contributed by atoms with Crippen LogP contribution in [-0.4, -0.2) is 57.5 Å². The third-order valence-corrected chi connectivity index (χ3v) is 6.82. The van der Waals surface area contributed by atoms with Crippen LogP contribution in [0.2, 0.25) is 10.0 Å². The fourth-order valence-electron chi connectivity index (χ4n) is 3.52.